The molecular formula is C17H30N4. The fourth-order valence-electron chi connectivity index (χ4n) is 4.89. The van der Waals surface area contributed by atoms with E-state index < -0.39 is 0 Å². The molecule has 21 heavy (non-hydrogen) atoms. The van der Waals surface area contributed by atoms with Crippen LogP contribution in [0.15, 0.2) is 0 Å². The number of nitriles is 1. The molecule has 4 atom stereocenters. The van der Waals surface area contributed by atoms with Crippen molar-refractivity contribution in [3.63, 3.8) is 0 Å². The summed E-state index contributed by atoms with van der Waals surface area (Å²) in [6.07, 6.45) is 7.22. The molecule has 118 valence electrons. The largest absolute Gasteiger partial charge is 0.300 e. The first kappa shape index (κ1) is 15.3. The van der Waals surface area contributed by atoms with Gasteiger partial charge in [0.1, 0.15) is 5.54 Å². The van der Waals surface area contributed by atoms with E-state index in [4.69, 9.17) is 0 Å². The van der Waals surface area contributed by atoms with Crippen LogP contribution in [0.5, 0.6) is 0 Å². The second-order valence-corrected chi connectivity index (χ2v) is 7.31. The predicted molar refractivity (Wildman–Crippen MR) is 85.0 cm³/mol. The Bertz CT molecular complexity index is 400. The lowest BCUT2D eigenvalue weighted by Gasteiger charge is -2.49. The number of hydrogen-bond acceptors (Lipinski definition) is 4. The Labute approximate surface area is 129 Å². The maximum absolute atomic E-state index is 9.67. The molecule has 3 fully saturated rings. The summed E-state index contributed by atoms with van der Waals surface area (Å²) in [5.74, 6) is 0. The quantitative estimate of drug-likeness (QED) is 0.863. The highest BCUT2D eigenvalue weighted by atomic mass is 15.3. The lowest BCUT2D eigenvalue weighted by molar-refractivity contribution is 0.00637. The average molecular weight is 290 g/mol. The minimum atomic E-state index is -0.274. The van der Waals surface area contributed by atoms with Gasteiger partial charge in [-0.25, -0.2) is 0 Å². The van der Waals surface area contributed by atoms with Gasteiger partial charge in [-0.3, -0.25) is 15.1 Å². The fraction of sp³-hybridized carbons (Fsp3) is 0.941. The molecule has 1 saturated carbocycles. The molecule has 1 N–H and O–H groups in total. The molecule has 2 aliphatic heterocycles. The zero-order chi connectivity index (χ0) is 14.9. The Morgan fingerprint density at radius 2 is 2.05 bits per heavy atom. The van der Waals surface area contributed by atoms with Crippen molar-refractivity contribution in [3.05, 3.63) is 0 Å². The Kier molecular flexibility index (Phi) is 4.54. The van der Waals surface area contributed by atoms with Gasteiger partial charge in [-0.15, -0.1) is 0 Å². The van der Waals surface area contributed by atoms with Crippen LogP contribution in [0.4, 0.5) is 0 Å². The molecule has 2 heterocycles. The second kappa shape index (κ2) is 6.24. The van der Waals surface area contributed by atoms with Crippen LogP contribution in [0.3, 0.4) is 0 Å². The van der Waals surface area contributed by atoms with E-state index in [0.29, 0.717) is 12.1 Å². The molecule has 3 aliphatic rings. The Balaban J connectivity index is 1.69. The molecule has 0 amide bonds. The van der Waals surface area contributed by atoms with Crippen molar-refractivity contribution in [2.75, 3.05) is 26.2 Å². The van der Waals surface area contributed by atoms with Crippen LogP contribution in [0.25, 0.3) is 0 Å². The number of rotatable bonds is 3. The van der Waals surface area contributed by atoms with Gasteiger partial charge in [-0.05, 0) is 58.5 Å². The molecule has 2 saturated heterocycles. The molecule has 4 nitrogen and oxygen atoms in total. The Morgan fingerprint density at radius 1 is 1.24 bits per heavy atom. The van der Waals surface area contributed by atoms with E-state index in [9.17, 15) is 5.26 Å². The van der Waals surface area contributed by atoms with Gasteiger partial charge in [0.05, 0.1) is 6.07 Å². The monoisotopic (exact) mass is 290 g/mol. The first-order valence-corrected chi connectivity index (χ1v) is 8.83. The predicted octanol–water partition coefficient (Wildman–Crippen LogP) is 1.97. The van der Waals surface area contributed by atoms with Crippen LogP contribution in [-0.4, -0.2) is 59.6 Å². The lowest BCUT2D eigenvalue weighted by atomic mass is 9.78. The SMILES string of the molecule is CCNC1(C#N)CCCC(N2CC3CCCN3CC2C)C1. The van der Waals surface area contributed by atoms with Crippen LogP contribution in [-0.2, 0) is 0 Å². The van der Waals surface area contributed by atoms with Gasteiger partial charge in [0.15, 0.2) is 0 Å². The van der Waals surface area contributed by atoms with Gasteiger partial charge in [-0.1, -0.05) is 6.92 Å². The van der Waals surface area contributed by atoms with Crippen molar-refractivity contribution >= 4 is 0 Å². The highest BCUT2D eigenvalue weighted by Gasteiger charge is 2.42. The minimum absolute atomic E-state index is 0.274. The van der Waals surface area contributed by atoms with E-state index in [1.165, 1.54) is 45.3 Å². The van der Waals surface area contributed by atoms with Gasteiger partial charge in [0, 0.05) is 31.2 Å². The zero-order valence-corrected chi connectivity index (χ0v) is 13.6. The fourth-order valence-corrected chi connectivity index (χ4v) is 4.89. The van der Waals surface area contributed by atoms with E-state index >= 15 is 0 Å². The van der Waals surface area contributed by atoms with Crippen LogP contribution >= 0.6 is 0 Å². The topological polar surface area (TPSA) is 42.3 Å². The summed E-state index contributed by atoms with van der Waals surface area (Å²) >= 11 is 0. The van der Waals surface area contributed by atoms with Crippen LogP contribution in [0.1, 0.15) is 52.4 Å². The molecule has 0 aromatic rings. The third kappa shape index (κ3) is 2.97. The molecule has 0 bridgehead atoms. The maximum atomic E-state index is 9.67. The molecule has 0 aromatic carbocycles. The van der Waals surface area contributed by atoms with E-state index in [-0.39, 0.29) is 5.54 Å². The number of nitrogens with zero attached hydrogens (tertiary/aromatic N) is 3. The van der Waals surface area contributed by atoms with E-state index in [1.807, 2.05) is 0 Å². The first-order valence-electron chi connectivity index (χ1n) is 8.83. The van der Waals surface area contributed by atoms with Gasteiger partial charge >= 0.3 is 0 Å². The summed E-state index contributed by atoms with van der Waals surface area (Å²) in [6, 6.07) is 4.61. The Hall–Kier alpha value is -0.630. The smallest absolute Gasteiger partial charge is 0.108 e. The minimum Gasteiger partial charge on any atom is -0.300 e. The van der Waals surface area contributed by atoms with Crippen molar-refractivity contribution in [1.82, 2.24) is 15.1 Å². The molecule has 0 radical (unpaired) electrons. The average Bonchev–Trinajstić information content (AvgIpc) is 2.94. The number of hydrogen-bond donors (Lipinski definition) is 1. The molecule has 0 spiro atoms. The van der Waals surface area contributed by atoms with E-state index in [1.54, 1.807) is 0 Å². The van der Waals surface area contributed by atoms with E-state index in [2.05, 4.69) is 35.0 Å². The van der Waals surface area contributed by atoms with Crippen molar-refractivity contribution in [3.8, 4) is 6.07 Å². The van der Waals surface area contributed by atoms with E-state index in [0.717, 1.165) is 25.4 Å². The molecule has 1 aliphatic carbocycles. The van der Waals surface area contributed by atoms with Crippen LogP contribution in [0, 0.1) is 11.3 Å². The molecule has 3 rings (SSSR count). The standard InChI is InChI=1S/C17H30N4/c1-3-19-17(13-18)8-4-6-15(10-17)21-12-16-7-5-9-20(16)11-14(21)2/h14-16,19H,3-12H2,1-2H3. The number of fused-ring (bicyclic) bond motifs is 1. The van der Waals surface area contributed by atoms with Crippen molar-refractivity contribution < 1.29 is 0 Å². The number of nitrogens with one attached hydrogen (secondary N) is 1. The summed E-state index contributed by atoms with van der Waals surface area (Å²) in [5.41, 5.74) is -0.274. The lowest BCUT2D eigenvalue weighted by Crippen LogP contribution is -2.61. The third-order valence-electron chi connectivity index (χ3n) is 5.91. The second-order valence-electron chi connectivity index (χ2n) is 7.31. The molecular weight excluding hydrogens is 260 g/mol. The maximum Gasteiger partial charge on any atom is 0.108 e. The van der Waals surface area contributed by atoms with Gasteiger partial charge in [-0.2, -0.15) is 5.26 Å². The highest BCUT2D eigenvalue weighted by molar-refractivity contribution is 5.11. The molecule has 4 unspecified atom stereocenters. The number of piperazine rings is 1. The van der Waals surface area contributed by atoms with Gasteiger partial charge < -0.3 is 0 Å². The van der Waals surface area contributed by atoms with Crippen molar-refractivity contribution in [2.45, 2.75) is 76.0 Å². The summed E-state index contributed by atoms with van der Waals surface area (Å²) in [6.45, 7) is 9.13. The van der Waals surface area contributed by atoms with Crippen LogP contribution < -0.4 is 5.32 Å². The van der Waals surface area contributed by atoms with Crippen molar-refractivity contribution in [2.24, 2.45) is 0 Å². The summed E-state index contributed by atoms with van der Waals surface area (Å²) < 4.78 is 0. The van der Waals surface area contributed by atoms with Crippen LogP contribution in [0.2, 0.25) is 0 Å². The highest BCUT2D eigenvalue weighted by Crippen LogP contribution is 2.34. The van der Waals surface area contributed by atoms with Crippen molar-refractivity contribution in [1.29, 1.82) is 5.26 Å². The summed E-state index contributed by atoms with van der Waals surface area (Å²) in [7, 11) is 0. The van der Waals surface area contributed by atoms with Gasteiger partial charge in [0.2, 0.25) is 0 Å². The normalized spacial score (nSPS) is 41.7. The zero-order valence-electron chi connectivity index (χ0n) is 13.6. The Morgan fingerprint density at radius 3 is 2.81 bits per heavy atom. The molecule has 0 aromatic heterocycles. The first-order chi connectivity index (χ1) is 10.2. The third-order valence-corrected chi connectivity index (χ3v) is 5.91. The molecule has 4 heteroatoms. The van der Waals surface area contributed by atoms with Gasteiger partial charge in [0.25, 0.3) is 0 Å². The summed E-state index contributed by atoms with van der Waals surface area (Å²) in [5, 5.41) is 13.1. The summed E-state index contributed by atoms with van der Waals surface area (Å²) in [4.78, 5) is 5.42.